The zero-order valence-electron chi connectivity index (χ0n) is 24.9. The lowest BCUT2D eigenvalue weighted by atomic mass is 10.1. The summed E-state index contributed by atoms with van der Waals surface area (Å²) in [5.41, 5.74) is 3.01. The summed E-state index contributed by atoms with van der Waals surface area (Å²) in [4.78, 5) is 29.2. The third kappa shape index (κ3) is 8.11. The second-order valence-corrected chi connectivity index (χ2v) is 13.7. The largest absolute Gasteiger partial charge is 0.350 e. The van der Waals surface area contributed by atoms with Gasteiger partial charge in [-0.25, -0.2) is 8.42 Å². The van der Waals surface area contributed by atoms with E-state index in [9.17, 15) is 18.0 Å². The first-order valence-corrected chi connectivity index (χ1v) is 15.5. The third-order valence-electron chi connectivity index (χ3n) is 6.70. The van der Waals surface area contributed by atoms with Crippen LogP contribution in [0.2, 0.25) is 5.02 Å². The van der Waals surface area contributed by atoms with Crippen LogP contribution in [0.1, 0.15) is 56.4 Å². The number of hydrogen-bond donors (Lipinski definition) is 1. The van der Waals surface area contributed by atoms with Gasteiger partial charge in [-0.1, -0.05) is 66.6 Å². The molecule has 2 amide bonds. The molecular weight excluding hydrogens is 558 g/mol. The standard InChI is InChI=1S/C32H40ClN3O4S/c1-8-28(31(38)34-32(5,6)7)35(20-25-11-9-10-12-27(25)33)30(37)21-36(29-19-23(3)13-16-24(29)4)41(39,40)26-17-14-22(2)15-18-26/h9-19,28H,8,20-21H2,1-7H3,(H,34,38)/t28-/m1/s1. The predicted octanol–water partition coefficient (Wildman–Crippen LogP) is 6.18. The number of hydrogen-bond acceptors (Lipinski definition) is 4. The minimum Gasteiger partial charge on any atom is -0.350 e. The molecule has 3 rings (SSSR count). The van der Waals surface area contributed by atoms with Crippen molar-refractivity contribution < 1.29 is 18.0 Å². The molecule has 0 aliphatic carbocycles. The highest BCUT2D eigenvalue weighted by molar-refractivity contribution is 7.92. The van der Waals surface area contributed by atoms with Gasteiger partial charge in [-0.3, -0.25) is 13.9 Å². The van der Waals surface area contributed by atoms with E-state index in [4.69, 9.17) is 11.6 Å². The predicted molar refractivity (Wildman–Crippen MR) is 166 cm³/mol. The van der Waals surface area contributed by atoms with E-state index in [1.165, 1.54) is 4.90 Å². The summed E-state index contributed by atoms with van der Waals surface area (Å²) >= 11 is 6.47. The molecule has 0 saturated carbocycles. The molecule has 0 radical (unpaired) electrons. The van der Waals surface area contributed by atoms with E-state index in [1.807, 2.05) is 66.7 Å². The fourth-order valence-corrected chi connectivity index (χ4v) is 6.19. The van der Waals surface area contributed by atoms with E-state index in [2.05, 4.69) is 5.32 Å². The molecule has 0 aromatic heterocycles. The van der Waals surface area contributed by atoms with Gasteiger partial charge in [0.1, 0.15) is 12.6 Å². The molecular formula is C32H40ClN3O4S. The molecule has 0 heterocycles. The summed E-state index contributed by atoms with van der Waals surface area (Å²) in [6.07, 6.45) is 0.326. The van der Waals surface area contributed by atoms with E-state index >= 15 is 0 Å². The van der Waals surface area contributed by atoms with E-state index in [0.717, 1.165) is 15.4 Å². The smallest absolute Gasteiger partial charge is 0.264 e. The molecule has 41 heavy (non-hydrogen) atoms. The van der Waals surface area contributed by atoms with Crippen molar-refractivity contribution in [1.29, 1.82) is 0 Å². The Labute approximate surface area is 249 Å². The molecule has 0 aliphatic heterocycles. The van der Waals surface area contributed by atoms with Crippen molar-refractivity contribution >= 4 is 39.1 Å². The fourth-order valence-electron chi connectivity index (χ4n) is 4.52. The van der Waals surface area contributed by atoms with Crippen LogP contribution in [0.4, 0.5) is 5.69 Å². The Morgan fingerprint density at radius 2 is 1.54 bits per heavy atom. The lowest BCUT2D eigenvalue weighted by molar-refractivity contribution is -0.141. The first-order valence-electron chi connectivity index (χ1n) is 13.7. The fraction of sp³-hybridized carbons (Fsp3) is 0.375. The molecule has 0 aliphatic rings. The van der Waals surface area contributed by atoms with E-state index in [1.54, 1.807) is 48.5 Å². The van der Waals surface area contributed by atoms with Crippen molar-refractivity contribution in [3.63, 3.8) is 0 Å². The van der Waals surface area contributed by atoms with Crippen LogP contribution in [0.15, 0.2) is 71.6 Å². The molecule has 0 saturated heterocycles. The van der Waals surface area contributed by atoms with Gasteiger partial charge in [-0.05, 0) is 88.9 Å². The molecule has 1 atom stereocenters. The van der Waals surface area contributed by atoms with E-state index in [0.29, 0.717) is 28.3 Å². The Morgan fingerprint density at radius 1 is 0.927 bits per heavy atom. The van der Waals surface area contributed by atoms with Crippen LogP contribution in [0.5, 0.6) is 0 Å². The number of carbonyl (C=O) groups excluding carboxylic acids is 2. The minimum atomic E-state index is -4.14. The molecule has 9 heteroatoms. The van der Waals surface area contributed by atoms with Gasteiger partial charge < -0.3 is 10.2 Å². The van der Waals surface area contributed by atoms with Crippen LogP contribution in [0, 0.1) is 20.8 Å². The van der Waals surface area contributed by atoms with Gasteiger partial charge in [-0.2, -0.15) is 0 Å². The minimum absolute atomic E-state index is 0.0415. The lowest BCUT2D eigenvalue weighted by Gasteiger charge is -2.35. The van der Waals surface area contributed by atoms with Crippen molar-refractivity contribution in [2.75, 3.05) is 10.8 Å². The van der Waals surface area contributed by atoms with Gasteiger partial charge in [0.25, 0.3) is 10.0 Å². The van der Waals surface area contributed by atoms with Crippen LogP contribution in [0.25, 0.3) is 0 Å². The topological polar surface area (TPSA) is 86.8 Å². The number of aryl methyl sites for hydroxylation is 3. The van der Waals surface area contributed by atoms with Crippen LogP contribution in [-0.2, 0) is 26.2 Å². The zero-order valence-corrected chi connectivity index (χ0v) is 26.4. The summed E-state index contributed by atoms with van der Waals surface area (Å²) in [5, 5.41) is 3.42. The average molecular weight is 598 g/mol. The second kappa shape index (κ2) is 13.1. The average Bonchev–Trinajstić information content (AvgIpc) is 2.88. The van der Waals surface area contributed by atoms with Crippen LogP contribution in [-0.4, -0.2) is 43.3 Å². The van der Waals surface area contributed by atoms with E-state index in [-0.39, 0.29) is 17.3 Å². The maximum atomic E-state index is 14.2. The molecule has 7 nitrogen and oxygen atoms in total. The van der Waals surface area contributed by atoms with Crippen LogP contribution >= 0.6 is 11.6 Å². The normalized spacial score (nSPS) is 12.5. The first-order chi connectivity index (χ1) is 19.1. The highest BCUT2D eigenvalue weighted by Crippen LogP contribution is 2.29. The van der Waals surface area contributed by atoms with Crippen LogP contribution < -0.4 is 9.62 Å². The maximum absolute atomic E-state index is 14.2. The molecule has 0 fully saturated rings. The van der Waals surface area contributed by atoms with Gasteiger partial charge in [0.05, 0.1) is 10.6 Å². The maximum Gasteiger partial charge on any atom is 0.264 e. The molecule has 1 N–H and O–H groups in total. The van der Waals surface area contributed by atoms with Crippen molar-refractivity contribution in [1.82, 2.24) is 10.2 Å². The van der Waals surface area contributed by atoms with Gasteiger partial charge in [0, 0.05) is 17.1 Å². The Balaban J connectivity index is 2.13. The molecule has 0 unspecified atom stereocenters. The Morgan fingerprint density at radius 3 is 2.12 bits per heavy atom. The quantitative estimate of drug-likeness (QED) is 0.302. The first kappa shape index (κ1) is 32.2. The zero-order chi connectivity index (χ0) is 30.5. The third-order valence-corrected chi connectivity index (χ3v) is 8.85. The Bertz CT molecular complexity index is 1500. The molecule has 3 aromatic rings. The van der Waals surface area contributed by atoms with Gasteiger partial charge in [0.2, 0.25) is 11.8 Å². The van der Waals surface area contributed by atoms with Crippen LogP contribution in [0.3, 0.4) is 0 Å². The second-order valence-electron chi connectivity index (χ2n) is 11.4. The summed E-state index contributed by atoms with van der Waals surface area (Å²) in [7, 11) is -4.14. The number of benzene rings is 3. The summed E-state index contributed by atoms with van der Waals surface area (Å²) in [6, 6.07) is 18.3. The van der Waals surface area contributed by atoms with Gasteiger partial charge >= 0.3 is 0 Å². The molecule has 0 spiro atoms. The number of anilines is 1. The van der Waals surface area contributed by atoms with Crippen molar-refractivity contribution in [2.24, 2.45) is 0 Å². The van der Waals surface area contributed by atoms with Gasteiger partial charge in [0.15, 0.2) is 0 Å². The number of halogens is 1. The molecule has 0 bridgehead atoms. The Hall–Kier alpha value is -3.36. The van der Waals surface area contributed by atoms with Crippen molar-refractivity contribution in [2.45, 2.75) is 77.9 Å². The highest BCUT2D eigenvalue weighted by Gasteiger charge is 2.35. The molecule has 3 aromatic carbocycles. The van der Waals surface area contributed by atoms with Crippen molar-refractivity contribution in [3.8, 4) is 0 Å². The SMILES string of the molecule is CC[C@H](C(=O)NC(C)(C)C)N(Cc1ccccc1Cl)C(=O)CN(c1cc(C)ccc1C)S(=O)(=O)c1ccc(C)cc1. The molecule has 220 valence electrons. The highest BCUT2D eigenvalue weighted by atomic mass is 35.5. The number of nitrogens with one attached hydrogen (secondary N) is 1. The number of carbonyl (C=O) groups is 2. The van der Waals surface area contributed by atoms with E-state index < -0.39 is 34.1 Å². The number of nitrogens with zero attached hydrogens (tertiary/aromatic N) is 2. The monoisotopic (exact) mass is 597 g/mol. The summed E-state index contributed by atoms with van der Waals surface area (Å²) in [5.74, 6) is -0.836. The number of rotatable bonds is 10. The number of sulfonamides is 1. The Kier molecular flexibility index (Phi) is 10.3. The number of amides is 2. The van der Waals surface area contributed by atoms with Gasteiger partial charge in [-0.15, -0.1) is 0 Å². The summed E-state index contributed by atoms with van der Waals surface area (Å²) < 4.78 is 29.3. The van der Waals surface area contributed by atoms with Crippen molar-refractivity contribution in [3.05, 3.63) is 94.0 Å². The lowest BCUT2D eigenvalue weighted by Crippen LogP contribution is -2.55. The summed E-state index contributed by atoms with van der Waals surface area (Å²) in [6.45, 7) is 12.5.